The number of alkyl halides is 3. The van der Waals surface area contributed by atoms with E-state index >= 15 is 0 Å². The number of carbonyl (C=O) groups is 2. The van der Waals surface area contributed by atoms with Crippen LogP contribution >= 0.6 is 11.6 Å². The Balaban J connectivity index is 1.73. The minimum Gasteiger partial charge on any atom is -0.481 e. The first-order valence-electron chi connectivity index (χ1n) is 10.1. The minimum absolute atomic E-state index is 0.0292. The second kappa shape index (κ2) is 9.31. The van der Waals surface area contributed by atoms with Crippen molar-refractivity contribution in [2.24, 2.45) is 0 Å². The number of hydrogen-bond acceptors (Lipinski definition) is 6. The maximum absolute atomic E-state index is 13.3. The summed E-state index contributed by atoms with van der Waals surface area (Å²) in [6, 6.07) is 11.3. The van der Waals surface area contributed by atoms with Crippen LogP contribution in [0, 0.1) is 11.3 Å². The molecular formula is C24H14ClF3N4O4. The molecule has 2 heterocycles. The van der Waals surface area contributed by atoms with Crippen molar-refractivity contribution in [1.82, 2.24) is 9.97 Å². The molecule has 36 heavy (non-hydrogen) atoms. The largest absolute Gasteiger partial charge is 0.481 e. The molecule has 182 valence electrons. The number of rotatable bonds is 5. The van der Waals surface area contributed by atoms with Crippen LogP contribution in [-0.2, 0) is 17.4 Å². The number of anilines is 1. The summed E-state index contributed by atoms with van der Waals surface area (Å²) in [4.78, 5) is 33.1. The molecule has 0 aliphatic heterocycles. The number of para-hydroxylation sites is 1. The molecule has 0 saturated heterocycles. The Morgan fingerprint density at radius 2 is 1.94 bits per heavy atom. The van der Waals surface area contributed by atoms with Crippen molar-refractivity contribution in [1.29, 1.82) is 5.26 Å². The third-order valence-corrected chi connectivity index (χ3v) is 5.55. The molecule has 0 aliphatic carbocycles. The number of carboxylic acids is 1. The smallest absolute Gasteiger partial charge is 0.433 e. The zero-order chi connectivity index (χ0) is 26.2. The van der Waals surface area contributed by atoms with Gasteiger partial charge in [-0.25, -0.2) is 4.98 Å². The van der Waals surface area contributed by atoms with Crippen molar-refractivity contribution in [3.8, 4) is 17.2 Å². The number of pyridine rings is 1. The Bertz CT molecular complexity index is 1560. The van der Waals surface area contributed by atoms with Gasteiger partial charge in [-0.05, 0) is 36.4 Å². The monoisotopic (exact) mass is 514 g/mol. The average Bonchev–Trinajstić information content (AvgIpc) is 3.24. The molecule has 0 unspecified atom stereocenters. The number of fused-ring (bicyclic) bond motifs is 1. The van der Waals surface area contributed by atoms with Crippen LogP contribution in [0.2, 0.25) is 5.02 Å². The SMILES string of the molecule is CN(C(=O)c1ccc(Cl)c(-c2cnc(C(F)(F)F)cc2C#N)c1)c1cccc2nc(CC(=O)O)oc12. The second-order valence-corrected chi connectivity index (χ2v) is 7.99. The van der Waals surface area contributed by atoms with Crippen LogP contribution in [-0.4, -0.2) is 34.0 Å². The van der Waals surface area contributed by atoms with Crippen molar-refractivity contribution < 1.29 is 32.3 Å². The van der Waals surface area contributed by atoms with Gasteiger partial charge in [0.25, 0.3) is 5.91 Å². The molecule has 2 aromatic heterocycles. The van der Waals surface area contributed by atoms with E-state index in [2.05, 4.69) is 9.97 Å². The molecule has 1 amide bonds. The minimum atomic E-state index is -4.74. The molecular weight excluding hydrogens is 501 g/mol. The Hall–Kier alpha value is -4.43. The zero-order valence-corrected chi connectivity index (χ0v) is 19.1. The van der Waals surface area contributed by atoms with Crippen molar-refractivity contribution in [3.05, 3.63) is 76.4 Å². The summed E-state index contributed by atoms with van der Waals surface area (Å²) in [5.41, 5.74) is -0.371. The van der Waals surface area contributed by atoms with E-state index in [1.165, 1.54) is 30.1 Å². The lowest BCUT2D eigenvalue weighted by Crippen LogP contribution is -2.26. The summed E-state index contributed by atoms with van der Waals surface area (Å²) in [6.07, 6.45) is -4.28. The van der Waals surface area contributed by atoms with E-state index in [4.69, 9.17) is 21.1 Å². The van der Waals surface area contributed by atoms with Gasteiger partial charge in [-0.15, -0.1) is 0 Å². The van der Waals surface area contributed by atoms with Crippen LogP contribution in [0.3, 0.4) is 0 Å². The van der Waals surface area contributed by atoms with Crippen LogP contribution in [0.15, 0.2) is 53.1 Å². The van der Waals surface area contributed by atoms with Gasteiger partial charge in [0.15, 0.2) is 5.58 Å². The lowest BCUT2D eigenvalue weighted by atomic mass is 9.99. The van der Waals surface area contributed by atoms with E-state index in [1.807, 2.05) is 0 Å². The molecule has 0 radical (unpaired) electrons. The van der Waals surface area contributed by atoms with Crippen LogP contribution in [0.4, 0.5) is 18.9 Å². The number of benzene rings is 2. The molecule has 0 fully saturated rings. The summed E-state index contributed by atoms with van der Waals surface area (Å²) in [5.74, 6) is -1.69. The number of nitrogens with zero attached hydrogens (tertiary/aromatic N) is 4. The van der Waals surface area contributed by atoms with E-state index in [-0.39, 0.29) is 38.8 Å². The van der Waals surface area contributed by atoms with E-state index in [0.29, 0.717) is 17.3 Å². The number of aliphatic carboxylic acids is 1. The topological polar surface area (TPSA) is 120 Å². The highest BCUT2D eigenvalue weighted by molar-refractivity contribution is 6.33. The highest BCUT2D eigenvalue weighted by atomic mass is 35.5. The van der Waals surface area contributed by atoms with Crippen molar-refractivity contribution in [2.75, 3.05) is 11.9 Å². The van der Waals surface area contributed by atoms with E-state index < -0.39 is 30.2 Å². The van der Waals surface area contributed by atoms with Gasteiger partial charge in [0.1, 0.15) is 17.6 Å². The third-order valence-electron chi connectivity index (χ3n) is 5.23. The molecule has 4 aromatic rings. The predicted octanol–water partition coefficient (Wildman–Crippen LogP) is 5.34. The van der Waals surface area contributed by atoms with Gasteiger partial charge in [0, 0.05) is 35.0 Å². The van der Waals surface area contributed by atoms with Crippen LogP contribution in [0.5, 0.6) is 0 Å². The number of oxazole rings is 1. The molecule has 0 aliphatic rings. The molecule has 12 heteroatoms. The number of nitriles is 1. The molecule has 2 aromatic carbocycles. The zero-order valence-electron chi connectivity index (χ0n) is 18.3. The number of aromatic nitrogens is 2. The van der Waals surface area contributed by atoms with Crippen molar-refractivity contribution in [3.63, 3.8) is 0 Å². The van der Waals surface area contributed by atoms with Gasteiger partial charge in [-0.3, -0.25) is 14.6 Å². The third kappa shape index (κ3) is 4.71. The quantitative estimate of drug-likeness (QED) is 0.382. The Morgan fingerprint density at radius 1 is 1.19 bits per heavy atom. The first-order chi connectivity index (χ1) is 17.0. The molecule has 0 bridgehead atoms. The van der Waals surface area contributed by atoms with Gasteiger partial charge in [0.2, 0.25) is 5.89 Å². The molecule has 0 spiro atoms. The molecule has 4 rings (SSSR count). The lowest BCUT2D eigenvalue weighted by Gasteiger charge is -2.18. The molecule has 8 nitrogen and oxygen atoms in total. The summed E-state index contributed by atoms with van der Waals surface area (Å²) >= 11 is 6.26. The lowest BCUT2D eigenvalue weighted by molar-refractivity contribution is -0.141. The van der Waals surface area contributed by atoms with Gasteiger partial charge < -0.3 is 14.4 Å². The maximum atomic E-state index is 13.3. The Morgan fingerprint density at radius 3 is 2.61 bits per heavy atom. The molecule has 0 saturated carbocycles. The van der Waals surface area contributed by atoms with E-state index in [0.717, 1.165) is 6.20 Å². The standard InChI is InChI=1S/C24H14ClF3N4O4/c1-32(18-4-2-3-17-22(18)36-20(31-17)9-21(33)34)23(35)12-5-6-16(25)14(7-12)15-11-30-19(24(26,27)28)8-13(15)10-29/h2-8,11H,9H2,1H3,(H,33,34). The Kier molecular flexibility index (Phi) is 6.39. The highest BCUT2D eigenvalue weighted by Crippen LogP contribution is 2.35. The van der Waals surface area contributed by atoms with Gasteiger partial charge in [-0.1, -0.05) is 17.7 Å². The molecule has 0 atom stereocenters. The molecule has 1 N–H and O–H groups in total. The number of carbonyl (C=O) groups excluding carboxylic acids is 1. The number of hydrogen-bond donors (Lipinski definition) is 1. The summed E-state index contributed by atoms with van der Waals surface area (Å²) in [6.45, 7) is 0. The fourth-order valence-corrected chi connectivity index (χ4v) is 3.75. The van der Waals surface area contributed by atoms with Crippen LogP contribution < -0.4 is 4.90 Å². The highest BCUT2D eigenvalue weighted by Gasteiger charge is 2.33. The summed E-state index contributed by atoms with van der Waals surface area (Å²) in [7, 11) is 1.46. The predicted molar refractivity (Wildman–Crippen MR) is 122 cm³/mol. The fourth-order valence-electron chi connectivity index (χ4n) is 3.53. The van der Waals surface area contributed by atoms with Gasteiger partial charge in [0.05, 0.1) is 17.3 Å². The van der Waals surface area contributed by atoms with Gasteiger partial charge in [-0.2, -0.15) is 18.4 Å². The Labute approximate surface area is 206 Å². The van der Waals surface area contributed by atoms with E-state index in [1.54, 1.807) is 24.3 Å². The number of amides is 1. The summed E-state index contributed by atoms with van der Waals surface area (Å²) < 4.78 is 44.6. The maximum Gasteiger partial charge on any atom is 0.433 e. The van der Waals surface area contributed by atoms with Crippen molar-refractivity contribution in [2.45, 2.75) is 12.6 Å². The van der Waals surface area contributed by atoms with Gasteiger partial charge >= 0.3 is 12.1 Å². The fraction of sp³-hybridized carbons (Fsp3) is 0.125. The van der Waals surface area contributed by atoms with Crippen molar-refractivity contribution >= 4 is 40.3 Å². The number of halogens is 4. The second-order valence-electron chi connectivity index (χ2n) is 7.59. The summed E-state index contributed by atoms with van der Waals surface area (Å²) in [5, 5.41) is 18.5. The van der Waals surface area contributed by atoms with Crippen LogP contribution in [0.25, 0.3) is 22.2 Å². The average molecular weight is 515 g/mol. The first-order valence-corrected chi connectivity index (χ1v) is 10.5. The normalized spacial score (nSPS) is 11.3. The van der Waals surface area contributed by atoms with E-state index in [9.17, 15) is 28.0 Å². The van der Waals surface area contributed by atoms with Crippen LogP contribution in [0.1, 0.15) is 27.5 Å². The number of carboxylic acid groups (broad SMARTS) is 1. The first kappa shape index (κ1) is 24.7.